The van der Waals surface area contributed by atoms with Gasteiger partial charge in [-0.25, -0.2) is 4.39 Å². The SMILES string of the molecule is COc1ccc(Br)cc1CCNC(=O)C(=O)Nc1ccc(Oc2ccnc3c(OC)c(OCC4CCNCC4)ccc23)c(F)c1. The fourth-order valence-corrected chi connectivity index (χ4v) is 5.51. The third-order valence-electron chi connectivity index (χ3n) is 7.47. The molecule has 3 aromatic carbocycles. The second-order valence-electron chi connectivity index (χ2n) is 10.5. The maximum Gasteiger partial charge on any atom is 0.313 e. The van der Waals surface area contributed by atoms with Crippen LogP contribution in [0.5, 0.6) is 28.7 Å². The normalized spacial score (nSPS) is 13.2. The van der Waals surface area contributed by atoms with Crippen molar-refractivity contribution in [2.45, 2.75) is 19.3 Å². The molecule has 5 rings (SSSR count). The number of methoxy groups -OCH3 is 2. The quantitative estimate of drug-likeness (QED) is 0.175. The molecule has 0 unspecified atom stereocenters. The number of amides is 2. The summed E-state index contributed by atoms with van der Waals surface area (Å²) in [6.07, 6.45) is 4.10. The van der Waals surface area contributed by atoms with E-state index in [0.717, 1.165) is 42.0 Å². The smallest absolute Gasteiger partial charge is 0.313 e. The Balaban J connectivity index is 1.21. The molecule has 0 atom stereocenters. The minimum atomic E-state index is -0.922. The average Bonchev–Trinajstić information content (AvgIpc) is 3.05. The van der Waals surface area contributed by atoms with E-state index in [0.29, 0.717) is 52.8 Å². The predicted molar refractivity (Wildman–Crippen MR) is 172 cm³/mol. The van der Waals surface area contributed by atoms with E-state index in [-0.39, 0.29) is 18.0 Å². The number of fused-ring (bicyclic) bond motifs is 1. The van der Waals surface area contributed by atoms with E-state index in [9.17, 15) is 9.59 Å². The zero-order chi connectivity index (χ0) is 31.8. The van der Waals surface area contributed by atoms with Crippen molar-refractivity contribution in [1.82, 2.24) is 15.6 Å². The topological polar surface area (TPSA) is 120 Å². The Labute approximate surface area is 268 Å². The minimum Gasteiger partial charge on any atom is -0.496 e. The summed E-state index contributed by atoms with van der Waals surface area (Å²) in [7, 11) is 3.11. The Morgan fingerprint density at radius 1 is 0.956 bits per heavy atom. The minimum absolute atomic E-state index is 0.0712. The second kappa shape index (κ2) is 15.0. The highest BCUT2D eigenvalue weighted by Gasteiger charge is 2.19. The predicted octanol–water partition coefficient (Wildman–Crippen LogP) is 5.62. The first kappa shape index (κ1) is 32.0. The summed E-state index contributed by atoms with van der Waals surface area (Å²) in [5, 5.41) is 8.95. The molecule has 236 valence electrons. The summed E-state index contributed by atoms with van der Waals surface area (Å²) in [6.45, 7) is 2.75. The van der Waals surface area contributed by atoms with E-state index >= 15 is 4.39 Å². The third kappa shape index (κ3) is 8.00. The van der Waals surface area contributed by atoms with Crippen LogP contribution in [0, 0.1) is 11.7 Å². The van der Waals surface area contributed by atoms with Crippen LogP contribution in [0.4, 0.5) is 10.1 Å². The van der Waals surface area contributed by atoms with Crippen LogP contribution in [-0.2, 0) is 16.0 Å². The number of hydrogen-bond acceptors (Lipinski definition) is 8. The van der Waals surface area contributed by atoms with E-state index in [4.69, 9.17) is 18.9 Å². The van der Waals surface area contributed by atoms with Gasteiger partial charge in [0.15, 0.2) is 23.1 Å². The standard InChI is InChI=1S/C33H34BrFN4O6/c1-42-26-6-3-22(34)17-21(26)11-15-38-32(40)33(41)39-23-4-7-28(25(35)18-23)45-27-12-16-37-30-24(27)5-8-29(31(30)43-2)44-19-20-9-13-36-14-10-20/h3-8,12,16-18,20,36H,9-11,13-15,19H2,1-2H3,(H,38,40)(H,39,41). The van der Waals surface area contributed by atoms with Gasteiger partial charge in [-0.15, -0.1) is 0 Å². The van der Waals surface area contributed by atoms with Crippen molar-refractivity contribution in [2.75, 3.05) is 45.8 Å². The summed E-state index contributed by atoms with van der Waals surface area (Å²) in [6, 6.07) is 14.7. The zero-order valence-corrected chi connectivity index (χ0v) is 26.5. The van der Waals surface area contributed by atoms with Gasteiger partial charge in [0.05, 0.1) is 20.8 Å². The number of anilines is 1. The van der Waals surface area contributed by atoms with Gasteiger partial charge < -0.3 is 34.9 Å². The highest BCUT2D eigenvalue weighted by atomic mass is 79.9. The molecule has 4 aromatic rings. The van der Waals surface area contributed by atoms with Crippen LogP contribution >= 0.6 is 15.9 Å². The first-order valence-electron chi connectivity index (χ1n) is 14.5. The van der Waals surface area contributed by atoms with Crippen molar-refractivity contribution in [3.63, 3.8) is 0 Å². The highest BCUT2D eigenvalue weighted by Crippen LogP contribution is 2.40. The van der Waals surface area contributed by atoms with Crippen LogP contribution in [0.2, 0.25) is 0 Å². The molecule has 0 aliphatic carbocycles. The Hall–Kier alpha value is -4.42. The lowest BCUT2D eigenvalue weighted by atomic mass is 9.99. The van der Waals surface area contributed by atoms with Gasteiger partial charge in [0, 0.05) is 34.4 Å². The summed E-state index contributed by atoms with van der Waals surface area (Å²) < 4.78 is 39.0. The maximum absolute atomic E-state index is 15.1. The van der Waals surface area contributed by atoms with Crippen LogP contribution in [-0.4, -0.2) is 57.3 Å². The van der Waals surface area contributed by atoms with Crippen molar-refractivity contribution in [2.24, 2.45) is 5.92 Å². The first-order valence-corrected chi connectivity index (χ1v) is 15.3. The highest BCUT2D eigenvalue weighted by molar-refractivity contribution is 9.10. The van der Waals surface area contributed by atoms with Crippen LogP contribution < -0.4 is 34.9 Å². The van der Waals surface area contributed by atoms with Gasteiger partial charge in [0.2, 0.25) is 0 Å². The molecule has 12 heteroatoms. The number of rotatable bonds is 11. The Morgan fingerprint density at radius 3 is 2.49 bits per heavy atom. The number of nitrogens with zero attached hydrogens (tertiary/aromatic N) is 1. The number of carbonyl (C=O) groups excluding carboxylic acids is 2. The molecule has 2 amide bonds. The van der Waals surface area contributed by atoms with Crippen molar-refractivity contribution in [3.8, 4) is 28.7 Å². The molecule has 10 nitrogen and oxygen atoms in total. The third-order valence-corrected chi connectivity index (χ3v) is 7.96. The molecular formula is C33H34BrFN4O6. The zero-order valence-electron chi connectivity index (χ0n) is 25.0. The fraction of sp³-hybridized carbons (Fsp3) is 0.303. The average molecular weight is 682 g/mol. The summed E-state index contributed by atoms with van der Waals surface area (Å²) in [4.78, 5) is 29.3. The van der Waals surface area contributed by atoms with Gasteiger partial charge in [-0.3, -0.25) is 14.6 Å². The molecule has 0 radical (unpaired) electrons. The summed E-state index contributed by atoms with van der Waals surface area (Å²) in [5.74, 6) is -0.0133. The summed E-state index contributed by atoms with van der Waals surface area (Å²) >= 11 is 3.41. The largest absolute Gasteiger partial charge is 0.496 e. The lowest BCUT2D eigenvalue weighted by Gasteiger charge is -2.23. The van der Waals surface area contributed by atoms with Crippen LogP contribution in [0.25, 0.3) is 10.9 Å². The molecular weight excluding hydrogens is 647 g/mol. The maximum atomic E-state index is 15.1. The lowest BCUT2D eigenvalue weighted by Crippen LogP contribution is -2.36. The van der Waals surface area contributed by atoms with E-state index in [2.05, 4.69) is 36.9 Å². The summed E-state index contributed by atoms with van der Waals surface area (Å²) in [5.41, 5.74) is 1.49. The Morgan fingerprint density at radius 2 is 1.73 bits per heavy atom. The molecule has 2 heterocycles. The monoisotopic (exact) mass is 680 g/mol. The number of piperidine rings is 1. The van der Waals surface area contributed by atoms with Gasteiger partial charge in [0.1, 0.15) is 17.0 Å². The number of ether oxygens (including phenoxy) is 4. The molecule has 1 saturated heterocycles. The van der Waals surface area contributed by atoms with Crippen molar-refractivity contribution < 1.29 is 32.9 Å². The molecule has 1 aliphatic rings. The van der Waals surface area contributed by atoms with Gasteiger partial charge >= 0.3 is 11.8 Å². The van der Waals surface area contributed by atoms with Crippen molar-refractivity contribution in [3.05, 3.63) is 76.6 Å². The van der Waals surface area contributed by atoms with Crippen LogP contribution in [0.3, 0.4) is 0 Å². The molecule has 1 fully saturated rings. The van der Waals surface area contributed by atoms with Gasteiger partial charge in [-0.1, -0.05) is 15.9 Å². The molecule has 1 aliphatic heterocycles. The number of hydrogen-bond donors (Lipinski definition) is 3. The van der Waals surface area contributed by atoms with Crippen LogP contribution in [0.15, 0.2) is 65.3 Å². The number of aromatic nitrogens is 1. The second-order valence-corrected chi connectivity index (χ2v) is 11.4. The fourth-order valence-electron chi connectivity index (χ4n) is 5.11. The van der Waals surface area contributed by atoms with Crippen LogP contribution in [0.1, 0.15) is 18.4 Å². The van der Waals surface area contributed by atoms with Gasteiger partial charge in [0.25, 0.3) is 0 Å². The number of carbonyl (C=O) groups is 2. The van der Waals surface area contributed by atoms with Gasteiger partial charge in [-0.2, -0.15) is 0 Å². The van der Waals surface area contributed by atoms with Gasteiger partial charge in [-0.05, 0) is 92.4 Å². The molecule has 0 spiro atoms. The first-order chi connectivity index (χ1) is 21.9. The Bertz CT molecular complexity index is 1680. The number of pyridine rings is 1. The molecule has 3 N–H and O–H groups in total. The number of nitrogens with one attached hydrogen (secondary N) is 3. The van der Waals surface area contributed by atoms with Crippen molar-refractivity contribution >= 4 is 44.3 Å². The Kier molecular flexibility index (Phi) is 10.7. The number of benzene rings is 3. The van der Waals surface area contributed by atoms with E-state index in [1.165, 1.54) is 12.1 Å². The van der Waals surface area contributed by atoms with E-state index in [1.54, 1.807) is 38.6 Å². The number of halogens is 2. The molecule has 0 bridgehead atoms. The van der Waals surface area contributed by atoms with E-state index in [1.807, 2.05) is 18.2 Å². The molecule has 1 aromatic heterocycles. The molecule has 45 heavy (non-hydrogen) atoms. The molecule has 0 saturated carbocycles. The van der Waals surface area contributed by atoms with Crippen molar-refractivity contribution in [1.29, 1.82) is 0 Å². The van der Waals surface area contributed by atoms with E-state index < -0.39 is 17.6 Å². The lowest BCUT2D eigenvalue weighted by molar-refractivity contribution is -0.136.